The second-order valence-electron chi connectivity index (χ2n) is 8.06. The summed E-state index contributed by atoms with van der Waals surface area (Å²) in [6.07, 6.45) is 0.397. The lowest BCUT2D eigenvalue weighted by atomic mass is 10.1. The van der Waals surface area contributed by atoms with Gasteiger partial charge in [-0.15, -0.1) is 0 Å². The molecule has 1 fully saturated rings. The highest BCUT2D eigenvalue weighted by Gasteiger charge is 2.33. The van der Waals surface area contributed by atoms with Crippen molar-refractivity contribution in [2.24, 2.45) is 0 Å². The maximum absolute atomic E-state index is 12.1. The minimum atomic E-state index is -3.08. The third-order valence-electron chi connectivity index (χ3n) is 5.52. The predicted molar refractivity (Wildman–Crippen MR) is 125 cm³/mol. The van der Waals surface area contributed by atoms with Crippen LogP contribution in [0.25, 0.3) is 0 Å². The molecule has 1 heterocycles. The van der Waals surface area contributed by atoms with E-state index in [0.29, 0.717) is 36.6 Å². The Balaban J connectivity index is 1.69. The molecule has 0 saturated carbocycles. The van der Waals surface area contributed by atoms with Crippen molar-refractivity contribution in [3.8, 4) is 17.2 Å². The zero-order valence-electron chi connectivity index (χ0n) is 19.0. The summed E-state index contributed by atoms with van der Waals surface area (Å²) in [7, 11) is -1.48. The van der Waals surface area contributed by atoms with Gasteiger partial charge in [0.05, 0.1) is 25.2 Å². The molecule has 8 nitrogen and oxygen atoms in total. The van der Waals surface area contributed by atoms with E-state index in [1.165, 1.54) is 0 Å². The van der Waals surface area contributed by atoms with Gasteiger partial charge in [0.15, 0.2) is 21.3 Å². The van der Waals surface area contributed by atoms with Gasteiger partial charge in [-0.2, -0.15) is 0 Å². The summed E-state index contributed by atoms with van der Waals surface area (Å²) in [5.74, 6) is 1.82. The zero-order chi connectivity index (χ0) is 23.8. The number of hydrogen-bond donors (Lipinski definition) is 1. The molecule has 1 N–H and O–H groups in total. The summed E-state index contributed by atoms with van der Waals surface area (Å²) >= 11 is 0. The summed E-state index contributed by atoms with van der Waals surface area (Å²) in [6, 6.07) is 12.3. The SMILES string of the molecule is CCOc1cc(C=O)ccc1OCC(O)CN(Cc1cccc(OC)c1)C1CCS(=O)(=O)C1. The molecule has 0 bridgehead atoms. The average molecular weight is 478 g/mol. The number of carbonyl (C=O) groups is 1. The monoisotopic (exact) mass is 477 g/mol. The van der Waals surface area contributed by atoms with E-state index in [1.54, 1.807) is 25.3 Å². The smallest absolute Gasteiger partial charge is 0.161 e. The van der Waals surface area contributed by atoms with E-state index >= 15 is 0 Å². The van der Waals surface area contributed by atoms with Crippen LogP contribution in [0.2, 0.25) is 0 Å². The molecule has 1 aliphatic rings. The third-order valence-corrected chi connectivity index (χ3v) is 7.28. The lowest BCUT2D eigenvalue weighted by Gasteiger charge is -2.30. The van der Waals surface area contributed by atoms with Gasteiger partial charge >= 0.3 is 0 Å². The number of carbonyl (C=O) groups excluding carboxylic acids is 1. The van der Waals surface area contributed by atoms with Crippen LogP contribution in [0.5, 0.6) is 17.2 Å². The van der Waals surface area contributed by atoms with Crippen LogP contribution in [-0.2, 0) is 16.4 Å². The van der Waals surface area contributed by atoms with Gasteiger partial charge in [-0.05, 0) is 49.2 Å². The topological polar surface area (TPSA) is 102 Å². The van der Waals surface area contributed by atoms with Crippen LogP contribution < -0.4 is 14.2 Å². The highest BCUT2D eigenvalue weighted by atomic mass is 32.2. The molecule has 0 amide bonds. The van der Waals surface area contributed by atoms with E-state index in [1.807, 2.05) is 36.1 Å². The number of hydrogen-bond acceptors (Lipinski definition) is 8. The maximum atomic E-state index is 12.1. The lowest BCUT2D eigenvalue weighted by Crippen LogP contribution is -2.42. The Morgan fingerprint density at radius 2 is 2.00 bits per heavy atom. The number of nitrogens with zero attached hydrogens (tertiary/aromatic N) is 1. The summed E-state index contributed by atoms with van der Waals surface area (Å²) in [5.41, 5.74) is 1.44. The molecule has 3 rings (SSSR count). The fourth-order valence-corrected chi connectivity index (χ4v) is 5.67. The maximum Gasteiger partial charge on any atom is 0.161 e. The summed E-state index contributed by atoms with van der Waals surface area (Å²) in [5, 5.41) is 10.7. The van der Waals surface area contributed by atoms with Crippen LogP contribution in [0.3, 0.4) is 0 Å². The Kier molecular flexibility index (Phi) is 8.71. The van der Waals surface area contributed by atoms with E-state index in [2.05, 4.69) is 0 Å². The van der Waals surface area contributed by atoms with Crippen molar-refractivity contribution in [1.82, 2.24) is 4.90 Å². The Morgan fingerprint density at radius 1 is 1.18 bits per heavy atom. The normalized spacial score (nSPS) is 18.1. The largest absolute Gasteiger partial charge is 0.497 e. The van der Waals surface area contributed by atoms with Crippen LogP contribution in [0, 0.1) is 0 Å². The number of aliphatic hydroxyl groups excluding tert-OH is 1. The molecule has 2 atom stereocenters. The number of sulfone groups is 1. The van der Waals surface area contributed by atoms with Gasteiger partial charge in [0.2, 0.25) is 0 Å². The molecule has 1 aliphatic heterocycles. The van der Waals surface area contributed by atoms with E-state index in [9.17, 15) is 18.3 Å². The second kappa shape index (κ2) is 11.5. The average Bonchev–Trinajstić information content (AvgIpc) is 3.17. The predicted octanol–water partition coefficient (Wildman–Crippen LogP) is 2.34. The molecule has 2 aromatic carbocycles. The lowest BCUT2D eigenvalue weighted by molar-refractivity contribution is 0.0515. The molecule has 1 saturated heterocycles. The van der Waals surface area contributed by atoms with Crippen molar-refractivity contribution in [2.45, 2.75) is 32.0 Å². The van der Waals surface area contributed by atoms with Gasteiger partial charge in [-0.1, -0.05) is 12.1 Å². The minimum Gasteiger partial charge on any atom is -0.497 e. The third kappa shape index (κ3) is 7.18. The highest BCUT2D eigenvalue weighted by molar-refractivity contribution is 7.91. The van der Waals surface area contributed by atoms with Gasteiger partial charge in [0, 0.05) is 24.7 Å². The molecule has 180 valence electrons. The van der Waals surface area contributed by atoms with Gasteiger partial charge in [-0.3, -0.25) is 9.69 Å². The first-order valence-corrected chi connectivity index (χ1v) is 12.8. The number of aliphatic hydroxyl groups is 1. The van der Waals surface area contributed by atoms with Gasteiger partial charge < -0.3 is 19.3 Å². The standard InChI is InChI=1S/C24H31NO7S/c1-3-31-24-12-19(15-26)7-8-23(24)32-16-21(27)14-25(20-9-10-33(28,29)17-20)13-18-5-4-6-22(11-18)30-2/h4-8,11-12,15,20-21,27H,3,9-10,13-14,16-17H2,1-2H3. The van der Waals surface area contributed by atoms with Crippen LogP contribution in [-0.4, -0.2) is 75.2 Å². The van der Waals surface area contributed by atoms with E-state index < -0.39 is 15.9 Å². The second-order valence-corrected chi connectivity index (χ2v) is 10.3. The number of ether oxygens (including phenoxy) is 3. The van der Waals surface area contributed by atoms with E-state index in [-0.39, 0.29) is 30.7 Å². The fourth-order valence-electron chi connectivity index (χ4n) is 3.91. The number of methoxy groups -OCH3 is 1. The van der Waals surface area contributed by atoms with Crippen molar-refractivity contribution in [3.05, 3.63) is 53.6 Å². The van der Waals surface area contributed by atoms with Gasteiger partial charge in [0.25, 0.3) is 0 Å². The molecule has 2 aromatic rings. The number of aldehydes is 1. The van der Waals surface area contributed by atoms with Crippen LogP contribution >= 0.6 is 0 Å². The molecule has 9 heteroatoms. The molecule has 0 spiro atoms. The Bertz CT molecular complexity index is 1040. The Morgan fingerprint density at radius 3 is 2.67 bits per heavy atom. The molecule has 0 radical (unpaired) electrons. The van der Waals surface area contributed by atoms with E-state index in [0.717, 1.165) is 17.6 Å². The minimum absolute atomic E-state index is 0.00537. The molecular formula is C24H31NO7S. The van der Waals surface area contributed by atoms with Crippen molar-refractivity contribution in [3.63, 3.8) is 0 Å². The van der Waals surface area contributed by atoms with E-state index in [4.69, 9.17) is 14.2 Å². The summed E-state index contributed by atoms with van der Waals surface area (Å²) in [6.45, 7) is 2.96. The van der Waals surface area contributed by atoms with Gasteiger partial charge in [0.1, 0.15) is 24.7 Å². The number of benzene rings is 2. The fraction of sp³-hybridized carbons (Fsp3) is 0.458. The molecule has 0 aromatic heterocycles. The van der Waals surface area contributed by atoms with Crippen LogP contribution in [0.4, 0.5) is 0 Å². The van der Waals surface area contributed by atoms with Crippen molar-refractivity contribution < 1.29 is 32.5 Å². The Labute approximate surface area is 195 Å². The molecule has 2 unspecified atom stereocenters. The first-order valence-electron chi connectivity index (χ1n) is 10.9. The summed E-state index contributed by atoms with van der Waals surface area (Å²) < 4.78 is 40.8. The van der Waals surface area contributed by atoms with Crippen LogP contribution in [0.15, 0.2) is 42.5 Å². The van der Waals surface area contributed by atoms with Gasteiger partial charge in [-0.25, -0.2) is 8.42 Å². The number of rotatable bonds is 12. The quantitative estimate of drug-likeness (QED) is 0.465. The highest BCUT2D eigenvalue weighted by Crippen LogP contribution is 2.28. The molecule has 33 heavy (non-hydrogen) atoms. The van der Waals surface area contributed by atoms with Crippen molar-refractivity contribution in [2.75, 3.05) is 38.4 Å². The first-order chi connectivity index (χ1) is 15.8. The Hall–Kier alpha value is -2.62. The zero-order valence-corrected chi connectivity index (χ0v) is 19.8. The van der Waals surface area contributed by atoms with Crippen LogP contribution in [0.1, 0.15) is 29.3 Å². The van der Waals surface area contributed by atoms with Crippen molar-refractivity contribution >= 4 is 16.1 Å². The first kappa shape index (κ1) is 25.0. The molecule has 0 aliphatic carbocycles. The molecular weight excluding hydrogens is 446 g/mol. The van der Waals surface area contributed by atoms with Crippen molar-refractivity contribution in [1.29, 1.82) is 0 Å². The summed E-state index contributed by atoms with van der Waals surface area (Å²) in [4.78, 5) is 13.0.